The van der Waals surface area contributed by atoms with Gasteiger partial charge in [0.15, 0.2) is 5.78 Å². The number of thioether (sulfide) groups is 1. The zero-order valence-corrected chi connectivity index (χ0v) is 12.5. The summed E-state index contributed by atoms with van der Waals surface area (Å²) in [4.78, 5) is 13.2. The summed E-state index contributed by atoms with van der Waals surface area (Å²) in [7, 11) is 0. The van der Waals surface area contributed by atoms with Crippen molar-refractivity contribution in [1.82, 2.24) is 0 Å². The largest absolute Gasteiger partial charge is 0.293 e. The van der Waals surface area contributed by atoms with Gasteiger partial charge >= 0.3 is 0 Å². The summed E-state index contributed by atoms with van der Waals surface area (Å²) in [5, 5.41) is 0.696. The van der Waals surface area contributed by atoms with Crippen LogP contribution in [0.5, 0.6) is 0 Å². The van der Waals surface area contributed by atoms with Crippen LogP contribution in [0.15, 0.2) is 47.4 Å². The fourth-order valence-electron chi connectivity index (χ4n) is 1.82. The van der Waals surface area contributed by atoms with Gasteiger partial charge in [0.1, 0.15) is 0 Å². The summed E-state index contributed by atoms with van der Waals surface area (Å²) in [5.41, 5.74) is 2.94. The number of hydrogen-bond acceptors (Lipinski definition) is 2. The average Bonchev–Trinajstić information content (AvgIpc) is 2.40. The van der Waals surface area contributed by atoms with E-state index >= 15 is 0 Å². The van der Waals surface area contributed by atoms with Crippen LogP contribution in [0.4, 0.5) is 0 Å². The number of aryl methyl sites for hydroxylation is 2. The first-order chi connectivity index (χ1) is 9.08. The number of hydrogen-bond donors (Lipinski definition) is 0. The molecule has 0 amide bonds. The lowest BCUT2D eigenvalue weighted by Gasteiger charge is -2.07. The van der Waals surface area contributed by atoms with Gasteiger partial charge in [-0.05, 0) is 37.6 Å². The monoisotopic (exact) mass is 290 g/mol. The maximum Gasteiger partial charge on any atom is 0.173 e. The van der Waals surface area contributed by atoms with Gasteiger partial charge in [-0.15, -0.1) is 11.8 Å². The minimum absolute atomic E-state index is 0.145. The normalized spacial score (nSPS) is 10.5. The highest BCUT2D eigenvalue weighted by molar-refractivity contribution is 8.00. The first-order valence-corrected chi connectivity index (χ1v) is 7.42. The third-order valence-electron chi connectivity index (χ3n) is 2.89. The topological polar surface area (TPSA) is 17.1 Å². The molecule has 0 aliphatic heterocycles. The highest BCUT2D eigenvalue weighted by atomic mass is 35.5. The van der Waals surface area contributed by atoms with E-state index < -0.39 is 0 Å². The van der Waals surface area contributed by atoms with Crippen LogP contribution in [0.1, 0.15) is 21.5 Å². The lowest BCUT2D eigenvalue weighted by molar-refractivity contribution is 0.102. The first-order valence-electron chi connectivity index (χ1n) is 6.05. The van der Waals surface area contributed by atoms with Crippen molar-refractivity contribution < 1.29 is 4.79 Å². The van der Waals surface area contributed by atoms with E-state index in [-0.39, 0.29) is 5.78 Å². The quantitative estimate of drug-likeness (QED) is 0.586. The van der Waals surface area contributed by atoms with E-state index in [1.165, 1.54) is 11.8 Å². The van der Waals surface area contributed by atoms with Crippen molar-refractivity contribution in [2.75, 3.05) is 5.75 Å². The molecule has 0 radical (unpaired) electrons. The number of benzene rings is 2. The van der Waals surface area contributed by atoms with Gasteiger partial charge in [0.2, 0.25) is 0 Å². The molecule has 0 N–H and O–H groups in total. The van der Waals surface area contributed by atoms with E-state index in [0.29, 0.717) is 10.8 Å². The second kappa shape index (κ2) is 6.27. The van der Waals surface area contributed by atoms with Gasteiger partial charge in [0.25, 0.3) is 0 Å². The molecule has 1 nitrogen and oxygen atoms in total. The molecule has 0 aliphatic carbocycles. The van der Waals surface area contributed by atoms with E-state index in [9.17, 15) is 4.79 Å². The maximum absolute atomic E-state index is 12.2. The van der Waals surface area contributed by atoms with E-state index in [4.69, 9.17) is 11.6 Å². The Morgan fingerprint density at radius 2 is 1.89 bits per heavy atom. The zero-order chi connectivity index (χ0) is 13.8. The lowest BCUT2D eigenvalue weighted by Crippen LogP contribution is -2.05. The number of carbonyl (C=O) groups is 1. The average molecular weight is 291 g/mol. The van der Waals surface area contributed by atoms with Gasteiger partial charge in [-0.1, -0.05) is 41.4 Å². The second-order valence-electron chi connectivity index (χ2n) is 4.46. The SMILES string of the molecule is Cc1ccc(C)c(C(=O)CSc2ccccc2Cl)c1. The Labute approximate surface area is 123 Å². The van der Waals surface area contributed by atoms with Gasteiger partial charge in [0, 0.05) is 10.5 Å². The molecule has 0 saturated carbocycles. The van der Waals surface area contributed by atoms with Gasteiger partial charge in [0.05, 0.1) is 10.8 Å². The van der Waals surface area contributed by atoms with Gasteiger partial charge in [-0.2, -0.15) is 0 Å². The lowest BCUT2D eigenvalue weighted by atomic mass is 10.0. The predicted molar refractivity (Wildman–Crippen MR) is 82.4 cm³/mol. The smallest absolute Gasteiger partial charge is 0.173 e. The van der Waals surface area contributed by atoms with Gasteiger partial charge in [-0.3, -0.25) is 4.79 Å². The molecule has 2 rings (SSSR count). The Bertz CT molecular complexity index is 607. The second-order valence-corrected chi connectivity index (χ2v) is 5.89. The van der Waals surface area contributed by atoms with Crippen LogP contribution in [0.3, 0.4) is 0 Å². The highest BCUT2D eigenvalue weighted by Crippen LogP contribution is 2.27. The van der Waals surface area contributed by atoms with Crippen LogP contribution in [0.2, 0.25) is 5.02 Å². The van der Waals surface area contributed by atoms with Crippen molar-refractivity contribution in [2.45, 2.75) is 18.7 Å². The third-order valence-corrected chi connectivity index (χ3v) is 4.40. The first kappa shape index (κ1) is 14.2. The molecule has 98 valence electrons. The van der Waals surface area contributed by atoms with Crippen molar-refractivity contribution in [3.8, 4) is 0 Å². The molecule has 0 aromatic heterocycles. The van der Waals surface area contributed by atoms with Gasteiger partial charge < -0.3 is 0 Å². The molecular weight excluding hydrogens is 276 g/mol. The molecule has 2 aromatic carbocycles. The maximum atomic E-state index is 12.2. The predicted octanol–water partition coefficient (Wildman–Crippen LogP) is 4.93. The molecule has 19 heavy (non-hydrogen) atoms. The summed E-state index contributed by atoms with van der Waals surface area (Å²) in [6, 6.07) is 13.5. The van der Waals surface area contributed by atoms with Crippen LogP contribution in [-0.4, -0.2) is 11.5 Å². The van der Waals surface area contributed by atoms with Crippen molar-refractivity contribution in [1.29, 1.82) is 0 Å². The standard InChI is InChI=1S/C16H15ClOS/c1-11-7-8-12(2)13(9-11)15(18)10-19-16-6-4-3-5-14(16)17/h3-9H,10H2,1-2H3. The fraction of sp³-hybridized carbons (Fsp3) is 0.188. The number of ketones is 1. The van der Waals surface area contributed by atoms with Gasteiger partial charge in [-0.25, -0.2) is 0 Å². The number of carbonyl (C=O) groups excluding carboxylic acids is 1. The fourth-order valence-corrected chi connectivity index (χ4v) is 2.94. The number of Topliss-reactive ketones (excluding diaryl/α,β-unsaturated/α-hetero) is 1. The van der Waals surface area contributed by atoms with E-state index in [0.717, 1.165) is 21.6 Å². The minimum atomic E-state index is 0.145. The van der Waals surface area contributed by atoms with Crippen LogP contribution >= 0.6 is 23.4 Å². The van der Waals surface area contributed by atoms with Crippen molar-refractivity contribution in [3.63, 3.8) is 0 Å². The van der Waals surface area contributed by atoms with Crippen LogP contribution in [0.25, 0.3) is 0 Å². The van der Waals surface area contributed by atoms with Crippen molar-refractivity contribution in [2.24, 2.45) is 0 Å². The summed E-state index contributed by atoms with van der Waals surface area (Å²) in [6.45, 7) is 3.96. The molecule has 0 heterocycles. The molecule has 0 fully saturated rings. The van der Waals surface area contributed by atoms with E-state index in [1.54, 1.807) is 0 Å². The van der Waals surface area contributed by atoms with Crippen LogP contribution < -0.4 is 0 Å². The summed E-state index contributed by atoms with van der Waals surface area (Å²) >= 11 is 7.56. The summed E-state index contributed by atoms with van der Waals surface area (Å²) < 4.78 is 0. The summed E-state index contributed by atoms with van der Waals surface area (Å²) in [5.74, 6) is 0.555. The molecule has 0 bridgehead atoms. The van der Waals surface area contributed by atoms with Crippen LogP contribution in [-0.2, 0) is 0 Å². The molecule has 3 heteroatoms. The van der Waals surface area contributed by atoms with Crippen molar-refractivity contribution >= 4 is 29.1 Å². The van der Waals surface area contributed by atoms with Crippen molar-refractivity contribution in [3.05, 3.63) is 64.2 Å². The Balaban J connectivity index is 2.10. The molecule has 0 aliphatic rings. The Morgan fingerprint density at radius 3 is 2.63 bits per heavy atom. The molecule has 0 unspecified atom stereocenters. The molecule has 0 atom stereocenters. The molecule has 2 aromatic rings. The molecular formula is C16H15ClOS. The summed E-state index contributed by atoms with van der Waals surface area (Å²) in [6.07, 6.45) is 0. The zero-order valence-electron chi connectivity index (χ0n) is 10.9. The third kappa shape index (κ3) is 3.62. The Morgan fingerprint density at radius 1 is 1.16 bits per heavy atom. The number of halogens is 1. The Kier molecular flexibility index (Phi) is 4.67. The highest BCUT2D eigenvalue weighted by Gasteiger charge is 2.10. The Hall–Kier alpha value is -1.25. The van der Waals surface area contributed by atoms with E-state index in [2.05, 4.69) is 0 Å². The van der Waals surface area contributed by atoms with E-state index in [1.807, 2.05) is 56.3 Å². The minimum Gasteiger partial charge on any atom is -0.293 e. The van der Waals surface area contributed by atoms with Crippen LogP contribution in [0, 0.1) is 13.8 Å². The molecule has 0 spiro atoms. The molecule has 0 saturated heterocycles. The number of rotatable bonds is 4.